The summed E-state index contributed by atoms with van der Waals surface area (Å²) in [5, 5.41) is 1.95. The molecule has 31 heavy (non-hydrogen) atoms. The average molecular weight is 434 g/mol. The number of imide groups is 1. The van der Waals surface area contributed by atoms with Crippen molar-refractivity contribution in [3.63, 3.8) is 0 Å². The number of thioether (sulfide) groups is 1. The fourth-order valence-electron chi connectivity index (χ4n) is 4.02. The number of hydrogen-bond acceptors (Lipinski definition) is 6. The van der Waals surface area contributed by atoms with Crippen molar-refractivity contribution in [2.75, 3.05) is 38.1 Å². The number of amides is 2. The molecule has 2 fully saturated rings. The summed E-state index contributed by atoms with van der Waals surface area (Å²) >= 11 is 0.925. The topological polar surface area (TPSA) is 70.5 Å². The maximum atomic E-state index is 11.8. The quantitative estimate of drug-likeness (QED) is 0.638. The summed E-state index contributed by atoms with van der Waals surface area (Å²) in [4.78, 5) is 33.0. The van der Waals surface area contributed by atoms with Crippen molar-refractivity contribution in [3.05, 3.63) is 59.3 Å². The standard InChI is InChI=1S/C23H23N5O2S/c1-26-9-2-10-27(12-11-26)17-4-6-18(7-5-17)28-15-24-19-8-3-16(13-20(19)28)14-21-22(29)25-23(30)31-21/h3-8,13-15H,2,9-12H2,1H3,(H,25,29,30). The highest BCUT2D eigenvalue weighted by molar-refractivity contribution is 8.18. The molecule has 0 bridgehead atoms. The van der Waals surface area contributed by atoms with E-state index in [0.29, 0.717) is 4.91 Å². The normalized spacial score (nSPS) is 19.3. The highest BCUT2D eigenvalue weighted by atomic mass is 32.2. The monoisotopic (exact) mass is 433 g/mol. The van der Waals surface area contributed by atoms with Crippen LogP contribution in [0.25, 0.3) is 22.8 Å². The van der Waals surface area contributed by atoms with Crippen molar-refractivity contribution in [3.8, 4) is 5.69 Å². The SMILES string of the molecule is CN1CCCN(c2ccc(-n3cnc4ccc(C=C5SC(=O)NC5=O)cc43)cc2)CC1. The Morgan fingerprint density at radius 2 is 1.81 bits per heavy atom. The first-order valence-electron chi connectivity index (χ1n) is 10.3. The number of aromatic nitrogens is 2. The molecule has 0 saturated carbocycles. The summed E-state index contributed by atoms with van der Waals surface area (Å²) in [5.41, 5.74) is 4.95. The Morgan fingerprint density at radius 3 is 2.58 bits per heavy atom. The lowest BCUT2D eigenvalue weighted by Crippen LogP contribution is -2.28. The third-order valence-electron chi connectivity index (χ3n) is 5.72. The molecular formula is C23H23N5O2S. The van der Waals surface area contributed by atoms with Crippen LogP contribution in [-0.2, 0) is 4.79 Å². The van der Waals surface area contributed by atoms with Crippen LogP contribution in [0.4, 0.5) is 10.5 Å². The van der Waals surface area contributed by atoms with Gasteiger partial charge < -0.3 is 9.80 Å². The number of hydrogen-bond donors (Lipinski definition) is 1. The van der Waals surface area contributed by atoms with Crippen molar-refractivity contribution >= 4 is 45.7 Å². The van der Waals surface area contributed by atoms with Crippen molar-refractivity contribution in [2.24, 2.45) is 0 Å². The van der Waals surface area contributed by atoms with Crippen LogP contribution in [0.15, 0.2) is 53.7 Å². The zero-order chi connectivity index (χ0) is 21.4. The van der Waals surface area contributed by atoms with Gasteiger partial charge in [-0.05, 0) is 79.8 Å². The van der Waals surface area contributed by atoms with E-state index in [9.17, 15) is 9.59 Å². The van der Waals surface area contributed by atoms with Gasteiger partial charge in [0, 0.05) is 31.0 Å². The number of nitrogens with zero attached hydrogens (tertiary/aromatic N) is 4. The predicted octanol–water partition coefficient (Wildman–Crippen LogP) is 3.49. The van der Waals surface area contributed by atoms with Crippen LogP contribution in [0.3, 0.4) is 0 Å². The van der Waals surface area contributed by atoms with Gasteiger partial charge in [0.1, 0.15) is 6.33 Å². The molecule has 1 aromatic heterocycles. The van der Waals surface area contributed by atoms with E-state index in [1.165, 1.54) is 12.1 Å². The Labute approximate surface area is 184 Å². The highest BCUT2D eigenvalue weighted by Gasteiger charge is 2.25. The van der Waals surface area contributed by atoms with Crippen molar-refractivity contribution in [1.82, 2.24) is 19.8 Å². The minimum Gasteiger partial charge on any atom is -0.370 e. The summed E-state index contributed by atoms with van der Waals surface area (Å²) in [6.07, 6.45) is 4.73. The molecule has 1 N–H and O–H groups in total. The molecule has 3 aromatic rings. The fraction of sp³-hybridized carbons (Fsp3) is 0.261. The van der Waals surface area contributed by atoms with Gasteiger partial charge in [0.15, 0.2) is 0 Å². The number of anilines is 1. The van der Waals surface area contributed by atoms with E-state index >= 15 is 0 Å². The molecule has 5 rings (SSSR count). The highest BCUT2D eigenvalue weighted by Crippen LogP contribution is 2.28. The number of rotatable bonds is 3. The van der Waals surface area contributed by atoms with Crippen LogP contribution in [0.5, 0.6) is 0 Å². The molecule has 0 aliphatic carbocycles. The fourth-order valence-corrected chi connectivity index (χ4v) is 4.70. The third kappa shape index (κ3) is 4.08. The third-order valence-corrected chi connectivity index (χ3v) is 6.53. The van der Waals surface area contributed by atoms with E-state index in [1.807, 2.05) is 29.1 Å². The maximum Gasteiger partial charge on any atom is 0.290 e. The van der Waals surface area contributed by atoms with Crippen molar-refractivity contribution in [1.29, 1.82) is 0 Å². The lowest BCUT2D eigenvalue weighted by molar-refractivity contribution is -0.115. The van der Waals surface area contributed by atoms with Crippen molar-refractivity contribution in [2.45, 2.75) is 6.42 Å². The molecule has 8 heteroatoms. The van der Waals surface area contributed by atoms with Crippen molar-refractivity contribution < 1.29 is 9.59 Å². The van der Waals surface area contributed by atoms with Crippen LogP contribution in [0.1, 0.15) is 12.0 Å². The molecule has 0 atom stereocenters. The molecule has 3 heterocycles. The van der Waals surface area contributed by atoms with Crippen LogP contribution in [-0.4, -0.2) is 58.8 Å². The Balaban J connectivity index is 1.43. The average Bonchev–Trinajstić information content (AvgIpc) is 3.24. The molecule has 2 aliphatic heterocycles. The molecule has 2 saturated heterocycles. The van der Waals surface area contributed by atoms with Gasteiger partial charge in [-0.25, -0.2) is 4.98 Å². The lowest BCUT2D eigenvalue weighted by Gasteiger charge is -2.23. The second kappa shape index (κ2) is 8.20. The summed E-state index contributed by atoms with van der Waals surface area (Å²) in [6.45, 7) is 4.33. The number of imidazole rings is 1. The number of benzene rings is 2. The second-order valence-electron chi connectivity index (χ2n) is 7.88. The van der Waals surface area contributed by atoms with Crippen LogP contribution >= 0.6 is 11.8 Å². The van der Waals surface area contributed by atoms with Gasteiger partial charge in [0.05, 0.1) is 15.9 Å². The van der Waals surface area contributed by atoms with Crippen LogP contribution in [0.2, 0.25) is 0 Å². The Morgan fingerprint density at radius 1 is 1.00 bits per heavy atom. The molecule has 0 unspecified atom stereocenters. The smallest absolute Gasteiger partial charge is 0.290 e. The number of carbonyl (C=O) groups is 2. The van der Waals surface area contributed by atoms with Gasteiger partial charge >= 0.3 is 0 Å². The second-order valence-corrected chi connectivity index (χ2v) is 8.89. The Bertz CT molecular complexity index is 1180. The zero-order valence-corrected chi connectivity index (χ0v) is 18.1. The number of likely N-dealkylation sites (N-methyl/N-ethyl adjacent to an activating group) is 1. The molecule has 7 nitrogen and oxygen atoms in total. The van der Waals surface area contributed by atoms with Gasteiger partial charge in [-0.15, -0.1) is 0 Å². The summed E-state index contributed by atoms with van der Waals surface area (Å²) in [6, 6.07) is 14.4. The van der Waals surface area contributed by atoms with Gasteiger partial charge in [-0.2, -0.15) is 0 Å². The van der Waals surface area contributed by atoms with Gasteiger partial charge in [-0.3, -0.25) is 19.5 Å². The number of nitrogens with one attached hydrogen (secondary N) is 1. The molecule has 2 amide bonds. The number of carbonyl (C=O) groups excluding carboxylic acids is 2. The largest absolute Gasteiger partial charge is 0.370 e. The van der Waals surface area contributed by atoms with Gasteiger partial charge in [0.2, 0.25) is 0 Å². The molecule has 2 aliphatic rings. The van der Waals surface area contributed by atoms with E-state index < -0.39 is 0 Å². The lowest BCUT2D eigenvalue weighted by atomic mass is 10.1. The molecule has 158 valence electrons. The van der Waals surface area contributed by atoms with E-state index in [1.54, 1.807) is 6.08 Å². The first-order valence-corrected chi connectivity index (χ1v) is 11.1. The number of fused-ring (bicyclic) bond motifs is 1. The summed E-state index contributed by atoms with van der Waals surface area (Å²) < 4.78 is 2.05. The minimum absolute atomic E-state index is 0.335. The molecule has 2 aromatic carbocycles. The van der Waals surface area contributed by atoms with Crippen LogP contribution < -0.4 is 10.2 Å². The predicted molar refractivity (Wildman–Crippen MR) is 125 cm³/mol. The van der Waals surface area contributed by atoms with E-state index in [-0.39, 0.29) is 11.1 Å². The van der Waals surface area contributed by atoms with Gasteiger partial charge in [-0.1, -0.05) is 6.07 Å². The van der Waals surface area contributed by atoms with E-state index in [4.69, 9.17) is 0 Å². The van der Waals surface area contributed by atoms with E-state index in [2.05, 4.69) is 51.4 Å². The van der Waals surface area contributed by atoms with Crippen LogP contribution in [0, 0.1) is 0 Å². The summed E-state index contributed by atoms with van der Waals surface area (Å²) in [7, 11) is 2.18. The van der Waals surface area contributed by atoms with E-state index in [0.717, 1.165) is 60.2 Å². The molecular weight excluding hydrogens is 410 g/mol. The minimum atomic E-state index is -0.348. The Hall–Kier alpha value is -3.10. The molecule has 0 radical (unpaired) electrons. The molecule has 0 spiro atoms. The van der Waals surface area contributed by atoms with Gasteiger partial charge in [0.25, 0.3) is 11.1 Å². The maximum absolute atomic E-state index is 11.8. The first-order chi connectivity index (χ1) is 15.1. The summed E-state index contributed by atoms with van der Waals surface area (Å²) in [5.74, 6) is -0.348. The zero-order valence-electron chi connectivity index (χ0n) is 17.2. The first kappa shape index (κ1) is 19.8. The Kier molecular flexibility index (Phi) is 5.25.